The molecule has 5 rings (SSSR count). The first kappa shape index (κ1) is 102. The minimum absolute atomic E-state index is 0.0175. The van der Waals surface area contributed by atoms with Crippen LogP contribution in [-0.4, -0.2) is 254 Å². The molecule has 1 fully saturated rings. The number of nitrogens with one attached hydrogen (secondary N) is 15. The lowest BCUT2D eigenvalue weighted by molar-refractivity contribution is -0.156. The Hall–Kier alpha value is -13.7. The normalized spacial score (nSPS) is 20.4. The number of ketones is 1. The number of halogens is 1. The fourth-order valence-electron chi connectivity index (χ4n) is 12.7. The summed E-state index contributed by atoms with van der Waals surface area (Å²) in [6.45, 7) is 0.805. The summed E-state index contributed by atoms with van der Waals surface area (Å²) in [5.74, 6) is -31.1. The number of benzene rings is 3. The molecule has 13 unspecified atom stereocenters. The molecule has 13 atom stereocenters. The maximum absolute atomic E-state index is 15.0. The molecule has 2 heterocycles. The number of hydrogen-bond donors (Lipinski definition) is 23. The molecule has 1 aliphatic heterocycles. The van der Waals surface area contributed by atoms with Gasteiger partial charge in [-0.15, -0.1) is 0 Å². The van der Waals surface area contributed by atoms with E-state index in [1.165, 1.54) is 42.5 Å². The number of aliphatic hydroxyl groups excluding tert-OH is 1. The number of carbonyl (C=O) groups excluding carboxylic acids is 17. The fraction of sp³-hybridized carbons (Fsp3) is 0.481. The molecular weight excluding hydrogens is 1710 g/mol. The van der Waals surface area contributed by atoms with E-state index < -0.39 is 267 Å². The number of carbonyl (C=O) groups is 21. The summed E-state index contributed by atoms with van der Waals surface area (Å²) in [6.07, 6.45) is -3.01. The Labute approximate surface area is 722 Å². The molecule has 26 N–H and O–H groups in total. The van der Waals surface area contributed by atoms with Crippen molar-refractivity contribution in [3.8, 4) is 0 Å². The van der Waals surface area contributed by atoms with Crippen LogP contribution in [0.4, 0.5) is 11.4 Å². The lowest BCUT2D eigenvalue weighted by Crippen LogP contribution is -2.62. The number of anilines is 2. The first-order valence-corrected chi connectivity index (χ1v) is 40.5. The van der Waals surface area contributed by atoms with E-state index in [0.717, 1.165) is 52.9 Å². The quantitative estimate of drug-likeness (QED) is 0.00891. The molecule has 45 nitrogen and oxygen atoms in total. The smallest absolute Gasteiger partial charge is 0.329 e. The minimum Gasteiger partial charge on any atom is -0.481 e. The van der Waals surface area contributed by atoms with Crippen molar-refractivity contribution in [3.05, 3.63) is 94.1 Å². The molecule has 46 heteroatoms. The number of para-hydroxylation sites is 2. The van der Waals surface area contributed by atoms with Gasteiger partial charge in [-0.25, -0.2) is 4.79 Å². The zero-order valence-electron chi connectivity index (χ0n) is 68.6. The van der Waals surface area contributed by atoms with Crippen LogP contribution in [0.15, 0.2) is 77.4 Å². The number of hydrogen-bond acceptors (Lipinski definition) is 25. The zero-order valence-corrected chi connectivity index (χ0v) is 70.2. The average Bonchev–Trinajstić information content (AvgIpc) is 1.76. The van der Waals surface area contributed by atoms with Crippen LogP contribution in [0.1, 0.15) is 157 Å². The van der Waals surface area contributed by atoms with E-state index in [9.17, 15) is 126 Å². The first-order valence-electron chi connectivity index (χ1n) is 39.7. The summed E-state index contributed by atoms with van der Waals surface area (Å²) in [7, 11) is 0. The molecule has 1 aromatic heterocycles. The molecule has 0 saturated carbocycles. The molecule has 0 bridgehead atoms. The highest BCUT2D eigenvalue weighted by atomic mass is 79.9. The van der Waals surface area contributed by atoms with E-state index in [2.05, 4.69) is 86.3 Å². The molecule has 0 aliphatic carbocycles. The summed E-state index contributed by atoms with van der Waals surface area (Å²) in [6, 6.07) is -6.84. The van der Waals surface area contributed by atoms with Crippen molar-refractivity contribution >= 4 is 162 Å². The molecule has 1 saturated heterocycles. The van der Waals surface area contributed by atoms with Crippen molar-refractivity contribution in [2.45, 2.75) is 209 Å². The van der Waals surface area contributed by atoms with Crippen LogP contribution in [0.25, 0.3) is 10.9 Å². The van der Waals surface area contributed by atoms with E-state index in [1.807, 2.05) is 16.0 Å². The van der Waals surface area contributed by atoms with E-state index in [1.54, 1.807) is 30.5 Å². The van der Waals surface area contributed by atoms with E-state index in [-0.39, 0.29) is 48.3 Å². The van der Waals surface area contributed by atoms with Gasteiger partial charge in [-0.2, -0.15) is 0 Å². The number of aromatic nitrogens is 1. The second-order valence-electron chi connectivity index (χ2n) is 29.4. The Morgan fingerprint density at radius 2 is 1.10 bits per heavy atom. The molecule has 680 valence electrons. The van der Waals surface area contributed by atoms with Gasteiger partial charge in [-0.3, -0.25) is 95.9 Å². The van der Waals surface area contributed by atoms with Crippen molar-refractivity contribution < 1.29 is 131 Å². The SMILES string of the molecule is CCCCCCCCCC(=O)NC(Cc1c[nH]c2ccccc12)C(=O)NC(CC(N)=O)C(=O)NC(CC(=O)O)C(=O)NC1C(=O)NCC(=O)NC(CCCNC(=O)c2cc(Br)ccc2N)C(=O)NC(CC(=O)O)C(=O)NC(C)C(=O)NC(CC(=O)O)C(=O)NCC(=O)NC(CO)C(=O)NC(C(C)CC(=O)O)C(=O)NC(CC(=O)c2ccccc2N)C(=O)OC1C. The van der Waals surface area contributed by atoms with Crippen LogP contribution in [0.5, 0.6) is 0 Å². The molecule has 1 aliphatic rings. The lowest BCUT2D eigenvalue weighted by Gasteiger charge is -2.30. The van der Waals surface area contributed by atoms with E-state index >= 15 is 0 Å². The van der Waals surface area contributed by atoms with Crippen LogP contribution in [0.3, 0.4) is 0 Å². The minimum atomic E-state index is -2.50. The predicted molar refractivity (Wildman–Crippen MR) is 442 cm³/mol. The number of carboxylic acids is 4. The standard InChI is InChI=1S/C79H105BrN18O27/c1-5-6-7-8-9-10-11-22-59(102)90-50(27-41-34-85-48-20-15-13-17-43(41)48)73(118)93-51(30-58(83)101)74(119)95-54(33-65(111)112)75(120)98-67-40(4)125-79(124)55(29-57(100)44-18-12-14-19-46(44)81)96-78(123)66(38(2)26-62(105)106)97-76(121)56(37-99)91-61(104)35-86-70(115)52(31-63(107)108)92-68(113)39(3)88-72(117)53(32-64(109)110)94-71(116)49(89-60(103)36-87-77(67)122)21-16-25-84-69(114)45-28-42(80)23-24-47(45)82/h12-15,17-20,23-24,28,34,38-40,49-56,66-67,85,99H,5-11,16,21-22,25-27,29-33,35-37,81-82H2,1-4H3,(H2,83,101)(H,84,114)(H,86,115)(H,87,122)(H,88,117)(H,89,103)(H,90,102)(H,91,104)(H,92,113)(H,93,118)(H,94,116)(H,95,119)(H,96,123)(H,97,121)(H,98,120)(H,105,106)(H,107,108)(H,109,110)(H,111,112). The highest BCUT2D eigenvalue weighted by molar-refractivity contribution is 9.10. The summed E-state index contributed by atoms with van der Waals surface area (Å²) in [5, 5.41) is 81.7. The number of amides is 15. The maximum Gasteiger partial charge on any atom is 0.329 e. The summed E-state index contributed by atoms with van der Waals surface area (Å²) < 4.78 is 6.16. The molecule has 125 heavy (non-hydrogen) atoms. The highest BCUT2D eigenvalue weighted by Crippen LogP contribution is 2.23. The first-order chi connectivity index (χ1) is 59.1. The number of nitrogen functional groups attached to an aromatic ring is 2. The molecule has 4 aromatic rings. The number of rotatable bonds is 37. The van der Waals surface area contributed by atoms with Gasteiger partial charge in [0.1, 0.15) is 72.6 Å². The summed E-state index contributed by atoms with van der Waals surface area (Å²) >= 11 is 3.24. The Bertz CT molecular complexity index is 4640. The number of cyclic esters (lactones) is 1. The van der Waals surface area contributed by atoms with Gasteiger partial charge in [0.05, 0.1) is 57.4 Å². The van der Waals surface area contributed by atoms with Crippen LogP contribution >= 0.6 is 15.9 Å². The predicted octanol–water partition coefficient (Wildman–Crippen LogP) is -3.81. The van der Waals surface area contributed by atoms with Crippen LogP contribution < -0.4 is 91.6 Å². The maximum atomic E-state index is 15.0. The monoisotopic (exact) mass is 1820 g/mol. The van der Waals surface area contributed by atoms with Gasteiger partial charge < -0.3 is 127 Å². The number of esters is 1. The topological polar surface area (TPSA) is 731 Å². The van der Waals surface area contributed by atoms with Gasteiger partial charge in [0.25, 0.3) is 5.91 Å². The number of carboxylic acid groups (broad SMARTS) is 4. The Kier molecular flexibility index (Phi) is 41.3. The van der Waals surface area contributed by atoms with Crippen molar-refractivity contribution in [3.63, 3.8) is 0 Å². The third kappa shape index (κ3) is 34.3. The van der Waals surface area contributed by atoms with Crippen molar-refractivity contribution in [2.24, 2.45) is 11.7 Å². The number of H-pyrrole nitrogens is 1. The number of aliphatic hydroxyl groups is 1. The second kappa shape index (κ2) is 50.7. The van der Waals surface area contributed by atoms with Gasteiger partial charge >= 0.3 is 29.8 Å². The zero-order chi connectivity index (χ0) is 92.9. The number of unbranched alkanes of at least 4 members (excludes halogenated alkanes) is 6. The summed E-state index contributed by atoms with van der Waals surface area (Å²) in [5.41, 5.74) is 18.4. The largest absolute Gasteiger partial charge is 0.481 e. The highest BCUT2D eigenvalue weighted by Gasteiger charge is 2.41. The molecule has 0 spiro atoms. The van der Waals surface area contributed by atoms with Crippen LogP contribution in [0, 0.1) is 5.92 Å². The van der Waals surface area contributed by atoms with Gasteiger partial charge in [-0.05, 0) is 81.0 Å². The lowest BCUT2D eigenvalue weighted by atomic mass is 9.96. The summed E-state index contributed by atoms with van der Waals surface area (Å²) in [4.78, 5) is 293. The van der Waals surface area contributed by atoms with Gasteiger partial charge in [0, 0.05) is 64.3 Å². The Morgan fingerprint density at radius 3 is 1.72 bits per heavy atom. The second-order valence-corrected chi connectivity index (χ2v) is 30.4. The Morgan fingerprint density at radius 1 is 0.544 bits per heavy atom. The molecule has 0 radical (unpaired) electrons. The number of aromatic amines is 1. The average molecular weight is 1820 g/mol. The fourth-order valence-corrected chi connectivity index (χ4v) is 13.1. The van der Waals surface area contributed by atoms with Crippen LogP contribution in [-0.2, 0) is 102 Å². The number of Topliss-reactive ketones (excluding diaryl/α,β-unsaturated/α-hetero) is 1. The van der Waals surface area contributed by atoms with E-state index in [4.69, 9.17) is 21.9 Å². The molecular formula is C79H105BrN18O27. The van der Waals surface area contributed by atoms with Crippen molar-refractivity contribution in [1.29, 1.82) is 0 Å². The van der Waals surface area contributed by atoms with Gasteiger partial charge in [0.15, 0.2) is 5.78 Å². The number of primary amides is 1. The van der Waals surface area contributed by atoms with Crippen molar-refractivity contribution in [2.75, 3.05) is 37.7 Å². The van der Waals surface area contributed by atoms with Crippen LogP contribution in [0.2, 0.25) is 0 Å². The molecule has 15 amide bonds. The third-order valence-corrected chi connectivity index (χ3v) is 19.9. The van der Waals surface area contributed by atoms with Gasteiger partial charge in [-0.1, -0.05) is 98.6 Å². The van der Waals surface area contributed by atoms with Crippen molar-refractivity contribution in [1.82, 2.24) is 79.4 Å². The number of aliphatic carboxylic acids is 4. The third-order valence-electron chi connectivity index (χ3n) is 19.4. The molecule has 3 aromatic carbocycles. The number of fused-ring (bicyclic) bond motifs is 1. The number of ether oxygens (including phenoxy) is 1. The number of nitrogens with two attached hydrogens (primary N) is 3. The van der Waals surface area contributed by atoms with E-state index in [0.29, 0.717) is 33.8 Å². The Balaban J connectivity index is 1.64. The van der Waals surface area contributed by atoms with Gasteiger partial charge in [0.2, 0.25) is 82.7 Å².